The summed E-state index contributed by atoms with van der Waals surface area (Å²) in [5.74, 6) is -0.288. The Labute approximate surface area is 156 Å². The molecule has 0 bridgehead atoms. The van der Waals surface area contributed by atoms with E-state index in [-0.39, 0.29) is 24.2 Å². The van der Waals surface area contributed by atoms with Crippen LogP contribution in [0.3, 0.4) is 0 Å². The molecule has 2 rings (SSSR count). The number of benzene rings is 2. The average Bonchev–Trinajstić information content (AvgIpc) is 2.66. The van der Waals surface area contributed by atoms with Crippen LogP contribution >= 0.6 is 0 Å². The summed E-state index contributed by atoms with van der Waals surface area (Å²) < 4.78 is 43.7. The topological polar surface area (TPSA) is 50.4 Å². The molecule has 1 atom stereocenters. The SMILES string of the molecule is CC(OCCCNC(=O)CNc1cccc(C(F)(F)F)c1)c1ccccc1. The zero-order chi connectivity index (χ0) is 19.7. The van der Waals surface area contributed by atoms with Gasteiger partial charge in [-0.05, 0) is 37.1 Å². The van der Waals surface area contributed by atoms with E-state index in [1.165, 1.54) is 12.1 Å². The third kappa shape index (κ3) is 7.30. The number of nitrogens with one attached hydrogen (secondary N) is 2. The van der Waals surface area contributed by atoms with Crippen molar-refractivity contribution < 1.29 is 22.7 Å². The number of hydrogen-bond acceptors (Lipinski definition) is 3. The minimum absolute atomic E-state index is 0.0236. The number of amides is 1. The van der Waals surface area contributed by atoms with Gasteiger partial charge in [-0.25, -0.2) is 0 Å². The van der Waals surface area contributed by atoms with Crippen molar-refractivity contribution in [1.29, 1.82) is 0 Å². The first-order chi connectivity index (χ1) is 12.9. The monoisotopic (exact) mass is 380 g/mol. The molecule has 0 saturated carbocycles. The Morgan fingerprint density at radius 1 is 1.11 bits per heavy atom. The predicted octanol–water partition coefficient (Wildman–Crippen LogP) is 4.40. The van der Waals surface area contributed by atoms with Crippen LogP contribution in [-0.2, 0) is 15.7 Å². The van der Waals surface area contributed by atoms with Crippen molar-refractivity contribution in [1.82, 2.24) is 5.32 Å². The number of carbonyl (C=O) groups excluding carboxylic acids is 1. The summed E-state index contributed by atoms with van der Waals surface area (Å²) in [4.78, 5) is 11.8. The van der Waals surface area contributed by atoms with Crippen LogP contribution in [0, 0.1) is 0 Å². The fraction of sp³-hybridized carbons (Fsp3) is 0.350. The van der Waals surface area contributed by atoms with Gasteiger partial charge in [-0.15, -0.1) is 0 Å². The number of hydrogen-bond donors (Lipinski definition) is 2. The third-order valence-corrected chi connectivity index (χ3v) is 3.92. The Kier molecular flexibility index (Phi) is 7.67. The number of halogens is 3. The molecule has 146 valence electrons. The van der Waals surface area contributed by atoms with E-state index in [2.05, 4.69) is 10.6 Å². The lowest BCUT2D eigenvalue weighted by atomic mass is 10.1. The van der Waals surface area contributed by atoms with Crippen molar-refractivity contribution in [2.45, 2.75) is 25.6 Å². The van der Waals surface area contributed by atoms with Crippen LogP contribution in [0.15, 0.2) is 54.6 Å². The van der Waals surface area contributed by atoms with Gasteiger partial charge in [0.2, 0.25) is 5.91 Å². The Bertz CT molecular complexity index is 721. The molecule has 0 heterocycles. The number of rotatable bonds is 9. The van der Waals surface area contributed by atoms with Crippen molar-refractivity contribution in [3.8, 4) is 0 Å². The number of carbonyl (C=O) groups is 1. The Morgan fingerprint density at radius 2 is 1.85 bits per heavy atom. The van der Waals surface area contributed by atoms with Gasteiger partial charge in [0, 0.05) is 18.8 Å². The van der Waals surface area contributed by atoms with Crippen LogP contribution in [0.1, 0.15) is 30.6 Å². The van der Waals surface area contributed by atoms with Gasteiger partial charge in [-0.2, -0.15) is 13.2 Å². The van der Waals surface area contributed by atoms with Gasteiger partial charge < -0.3 is 15.4 Å². The summed E-state index contributed by atoms with van der Waals surface area (Å²) in [5.41, 5.74) is 0.587. The normalized spacial score (nSPS) is 12.4. The molecule has 0 spiro atoms. The summed E-state index contributed by atoms with van der Waals surface area (Å²) in [7, 11) is 0. The molecule has 2 aromatic carbocycles. The molecule has 0 aliphatic heterocycles. The first kappa shape index (κ1) is 20.8. The fourth-order valence-electron chi connectivity index (χ4n) is 2.43. The van der Waals surface area contributed by atoms with Crippen molar-refractivity contribution in [2.75, 3.05) is 25.0 Å². The lowest BCUT2D eigenvalue weighted by molar-refractivity contribution is -0.137. The van der Waals surface area contributed by atoms with E-state index < -0.39 is 11.7 Å². The molecule has 1 amide bonds. The molecular weight excluding hydrogens is 357 g/mol. The zero-order valence-corrected chi connectivity index (χ0v) is 15.1. The molecule has 0 aliphatic carbocycles. The molecule has 0 aliphatic rings. The predicted molar refractivity (Wildman–Crippen MR) is 98.4 cm³/mol. The summed E-state index contributed by atoms with van der Waals surface area (Å²) >= 11 is 0. The summed E-state index contributed by atoms with van der Waals surface area (Å²) in [5, 5.41) is 5.40. The molecule has 27 heavy (non-hydrogen) atoms. The summed E-state index contributed by atoms with van der Waals surface area (Å²) in [6.45, 7) is 2.80. The highest BCUT2D eigenvalue weighted by atomic mass is 19.4. The molecule has 0 fully saturated rings. The molecule has 2 N–H and O–H groups in total. The van der Waals surface area contributed by atoms with Crippen LogP contribution in [0.4, 0.5) is 18.9 Å². The maximum atomic E-state index is 12.7. The van der Waals surface area contributed by atoms with Gasteiger partial charge in [0.1, 0.15) is 0 Å². The van der Waals surface area contributed by atoms with Crippen LogP contribution in [0.25, 0.3) is 0 Å². The maximum absolute atomic E-state index is 12.7. The average molecular weight is 380 g/mol. The van der Waals surface area contributed by atoms with E-state index in [0.29, 0.717) is 19.6 Å². The first-order valence-electron chi connectivity index (χ1n) is 8.70. The summed E-state index contributed by atoms with van der Waals surface area (Å²) in [6.07, 6.45) is -3.78. The second-order valence-corrected chi connectivity index (χ2v) is 6.06. The van der Waals surface area contributed by atoms with E-state index in [1.54, 1.807) is 0 Å². The minimum Gasteiger partial charge on any atom is -0.376 e. The second-order valence-electron chi connectivity index (χ2n) is 6.06. The van der Waals surface area contributed by atoms with E-state index in [4.69, 9.17) is 4.74 Å². The molecule has 1 unspecified atom stereocenters. The van der Waals surface area contributed by atoms with E-state index in [9.17, 15) is 18.0 Å². The number of alkyl halides is 3. The third-order valence-electron chi connectivity index (χ3n) is 3.92. The standard InChI is InChI=1S/C20H23F3N2O2/c1-15(16-7-3-2-4-8-16)27-12-6-11-24-19(26)14-25-18-10-5-9-17(13-18)20(21,22)23/h2-5,7-10,13,15,25H,6,11-12,14H2,1H3,(H,24,26). The molecular formula is C20H23F3N2O2. The lowest BCUT2D eigenvalue weighted by Crippen LogP contribution is -2.31. The van der Waals surface area contributed by atoms with Crippen LogP contribution in [0.5, 0.6) is 0 Å². The molecule has 0 radical (unpaired) electrons. The van der Waals surface area contributed by atoms with Gasteiger partial charge in [-0.3, -0.25) is 4.79 Å². The largest absolute Gasteiger partial charge is 0.416 e. The second kappa shape index (κ2) is 9.97. The molecule has 2 aromatic rings. The van der Waals surface area contributed by atoms with Gasteiger partial charge in [0.25, 0.3) is 0 Å². The molecule has 0 saturated heterocycles. The molecule has 4 nitrogen and oxygen atoms in total. The van der Waals surface area contributed by atoms with Gasteiger partial charge in [0.15, 0.2) is 0 Å². The maximum Gasteiger partial charge on any atom is 0.416 e. The fourth-order valence-corrected chi connectivity index (χ4v) is 2.43. The lowest BCUT2D eigenvalue weighted by Gasteiger charge is -2.14. The Morgan fingerprint density at radius 3 is 2.56 bits per heavy atom. The van der Waals surface area contributed by atoms with E-state index in [1.807, 2.05) is 37.3 Å². The van der Waals surface area contributed by atoms with Crippen molar-refractivity contribution in [2.24, 2.45) is 0 Å². The smallest absolute Gasteiger partial charge is 0.376 e. The number of anilines is 1. The highest BCUT2D eigenvalue weighted by Crippen LogP contribution is 2.30. The first-order valence-corrected chi connectivity index (χ1v) is 8.70. The minimum atomic E-state index is -4.41. The summed E-state index contributed by atoms with van der Waals surface area (Å²) in [6, 6.07) is 14.6. The van der Waals surface area contributed by atoms with Gasteiger partial charge in [0.05, 0.1) is 18.2 Å². The Balaban J connectivity index is 1.63. The van der Waals surface area contributed by atoms with Gasteiger partial charge >= 0.3 is 6.18 Å². The van der Waals surface area contributed by atoms with Gasteiger partial charge in [-0.1, -0.05) is 36.4 Å². The number of ether oxygens (including phenoxy) is 1. The van der Waals surface area contributed by atoms with Crippen molar-refractivity contribution >= 4 is 11.6 Å². The molecule has 0 aromatic heterocycles. The van der Waals surface area contributed by atoms with E-state index >= 15 is 0 Å². The Hall–Kier alpha value is -2.54. The highest BCUT2D eigenvalue weighted by Gasteiger charge is 2.30. The highest BCUT2D eigenvalue weighted by molar-refractivity contribution is 5.80. The van der Waals surface area contributed by atoms with Crippen molar-refractivity contribution in [3.63, 3.8) is 0 Å². The quantitative estimate of drug-likeness (QED) is 0.634. The van der Waals surface area contributed by atoms with Crippen molar-refractivity contribution in [3.05, 3.63) is 65.7 Å². The van der Waals surface area contributed by atoms with Crippen LogP contribution < -0.4 is 10.6 Å². The van der Waals surface area contributed by atoms with Crippen LogP contribution in [0.2, 0.25) is 0 Å². The zero-order valence-electron chi connectivity index (χ0n) is 15.1. The molecule has 7 heteroatoms. The van der Waals surface area contributed by atoms with Crippen LogP contribution in [-0.4, -0.2) is 25.6 Å². The van der Waals surface area contributed by atoms with E-state index in [0.717, 1.165) is 17.7 Å².